The minimum atomic E-state index is 0.0111. The van der Waals surface area contributed by atoms with Crippen molar-refractivity contribution in [2.45, 2.75) is 44.2 Å². The molecule has 1 aliphatic carbocycles. The quantitative estimate of drug-likeness (QED) is 0.911. The van der Waals surface area contributed by atoms with Crippen molar-refractivity contribution < 1.29 is 9.32 Å². The predicted octanol–water partition coefficient (Wildman–Crippen LogP) is 2.71. The number of carbonyl (C=O) groups excluding carboxylic acids is 1. The monoisotopic (exact) mass is 332 g/mol. The second-order valence-corrected chi connectivity index (χ2v) is 7.45. The Morgan fingerprint density at radius 2 is 2.30 bits per heavy atom. The lowest BCUT2D eigenvalue weighted by Gasteiger charge is -2.13. The summed E-state index contributed by atoms with van der Waals surface area (Å²) in [6.45, 7) is 1.44. The van der Waals surface area contributed by atoms with E-state index in [1.165, 1.54) is 11.3 Å². The van der Waals surface area contributed by atoms with Crippen molar-refractivity contribution >= 4 is 17.2 Å². The molecule has 2 aliphatic rings. The van der Waals surface area contributed by atoms with E-state index in [2.05, 4.69) is 21.5 Å². The third-order valence-corrected chi connectivity index (χ3v) is 5.56. The number of nitrogens with zero attached hydrogens (tertiary/aromatic N) is 3. The van der Waals surface area contributed by atoms with E-state index < -0.39 is 0 Å². The summed E-state index contributed by atoms with van der Waals surface area (Å²) in [7, 11) is 1.78. The van der Waals surface area contributed by atoms with Gasteiger partial charge in [-0.05, 0) is 44.4 Å². The van der Waals surface area contributed by atoms with Crippen molar-refractivity contribution in [2.24, 2.45) is 0 Å². The summed E-state index contributed by atoms with van der Waals surface area (Å²) >= 11 is 1.58. The van der Waals surface area contributed by atoms with Gasteiger partial charge in [0.05, 0.1) is 11.4 Å². The van der Waals surface area contributed by atoms with E-state index in [9.17, 15) is 4.79 Å². The van der Waals surface area contributed by atoms with Crippen LogP contribution in [0.15, 0.2) is 16.7 Å². The zero-order chi connectivity index (χ0) is 15.8. The Morgan fingerprint density at radius 3 is 3.04 bits per heavy atom. The molecule has 3 heterocycles. The fraction of sp³-hybridized carbons (Fsp3) is 0.562. The molecule has 1 aliphatic heterocycles. The fourth-order valence-electron chi connectivity index (χ4n) is 2.88. The highest BCUT2D eigenvalue weighted by Crippen LogP contribution is 2.38. The lowest BCUT2D eigenvalue weighted by molar-refractivity contribution is 0.0785. The summed E-state index contributed by atoms with van der Waals surface area (Å²) in [6.07, 6.45) is 4.61. The summed E-state index contributed by atoms with van der Waals surface area (Å²) in [4.78, 5) is 20.6. The molecule has 1 atom stereocenters. The second kappa shape index (κ2) is 6.05. The highest BCUT2D eigenvalue weighted by Gasteiger charge is 2.30. The van der Waals surface area contributed by atoms with Gasteiger partial charge in [-0.15, -0.1) is 11.3 Å². The molecule has 1 N–H and O–H groups in total. The van der Waals surface area contributed by atoms with Crippen LogP contribution in [-0.4, -0.2) is 34.5 Å². The molecule has 0 aromatic carbocycles. The minimum absolute atomic E-state index is 0.0111. The number of aromatic nitrogens is 2. The van der Waals surface area contributed by atoms with Crippen molar-refractivity contribution in [2.75, 3.05) is 13.6 Å². The normalized spacial score (nSPS) is 20.8. The lowest BCUT2D eigenvalue weighted by atomic mass is 10.2. The molecule has 2 aromatic rings. The number of rotatable bonds is 5. The fourth-order valence-corrected chi connectivity index (χ4v) is 3.99. The Balaban J connectivity index is 1.40. The second-order valence-electron chi connectivity index (χ2n) is 6.34. The van der Waals surface area contributed by atoms with Crippen LogP contribution in [0.25, 0.3) is 0 Å². The smallest absolute Gasteiger partial charge is 0.264 e. The van der Waals surface area contributed by atoms with E-state index >= 15 is 0 Å². The Kier molecular flexibility index (Phi) is 3.90. The molecule has 122 valence electrons. The average Bonchev–Trinajstić information content (AvgIpc) is 3.02. The van der Waals surface area contributed by atoms with E-state index in [1.807, 2.05) is 6.07 Å². The Hall–Kier alpha value is -1.73. The van der Waals surface area contributed by atoms with Crippen LogP contribution in [0.4, 0.5) is 0 Å². The van der Waals surface area contributed by atoms with E-state index in [1.54, 1.807) is 23.3 Å². The maximum absolute atomic E-state index is 12.6. The van der Waals surface area contributed by atoms with Crippen molar-refractivity contribution in [3.8, 4) is 0 Å². The summed E-state index contributed by atoms with van der Waals surface area (Å²) < 4.78 is 5.24. The van der Waals surface area contributed by atoms with E-state index in [-0.39, 0.29) is 5.91 Å². The van der Waals surface area contributed by atoms with Crippen LogP contribution < -0.4 is 5.32 Å². The molecule has 1 saturated carbocycles. The largest absolute Gasteiger partial charge is 0.339 e. The molecule has 2 fully saturated rings. The van der Waals surface area contributed by atoms with E-state index in [0.717, 1.165) is 30.7 Å². The molecule has 0 bridgehead atoms. The van der Waals surface area contributed by atoms with Gasteiger partial charge in [0.2, 0.25) is 5.89 Å². The van der Waals surface area contributed by atoms with Gasteiger partial charge in [0.1, 0.15) is 0 Å². The van der Waals surface area contributed by atoms with Gasteiger partial charge < -0.3 is 14.7 Å². The lowest BCUT2D eigenvalue weighted by Crippen LogP contribution is -2.26. The summed E-state index contributed by atoms with van der Waals surface area (Å²) in [6, 6.07) is 4.39. The molecule has 1 amide bonds. The molecule has 0 radical (unpaired) electrons. The molecular formula is C16H20N4O2S. The van der Waals surface area contributed by atoms with E-state index in [0.29, 0.717) is 30.2 Å². The number of thiophene rings is 1. The third-order valence-electron chi connectivity index (χ3n) is 4.38. The van der Waals surface area contributed by atoms with Crippen LogP contribution in [0, 0.1) is 0 Å². The predicted molar refractivity (Wildman–Crippen MR) is 86.4 cm³/mol. The minimum Gasteiger partial charge on any atom is -0.339 e. The Morgan fingerprint density at radius 1 is 1.43 bits per heavy atom. The maximum Gasteiger partial charge on any atom is 0.264 e. The van der Waals surface area contributed by atoms with Gasteiger partial charge in [-0.25, -0.2) is 0 Å². The van der Waals surface area contributed by atoms with Crippen molar-refractivity contribution in [1.29, 1.82) is 0 Å². The first-order valence-electron chi connectivity index (χ1n) is 8.12. The van der Waals surface area contributed by atoms with Gasteiger partial charge in [-0.2, -0.15) is 4.98 Å². The molecule has 0 spiro atoms. The first-order chi connectivity index (χ1) is 11.2. The molecule has 7 heteroatoms. The Bertz CT molecular complexity index is 701. The maximum atomic E-state index is 12.6. The van der Waals surface area contributed by atoms with Crippen molar-refractivity contribution in [1.82, 2.24) is 20.4 Å². The SMILES string of the molecule is CN(Cc1noc(C2CC2)n1)C(=O)c1ccc(C2CCCN2)s1. The van der Waals surface area contributed by atoms with Gasteiger partial charge in [-0.3, -0.25) is 4.79 Å². The van der Waals surface area contributed by atoms with Crippen LogP contribution in [0.5, 0.6) is 0 Å². The number of hydrogen-bond donors (Lipinski definition) is 1. The standard InChI is InChI=1S/C16H20N4O2S/c1-20(9-14-18-15(22-19-14)10-4-5-10)16(21)13-7-6-12(23-13)11-3-2-8-17-11/h6-7,10-11,17H,2-5,8-9H2,1H3. The van der Waals surface area contributed by atoms with Crippen molar-refractivity contribution in [3.63, 3.8) is 0 Å². The van der Waals surface area contributed by atoms with E-state index in [4.69, 9.17) is 4.52 Å². The van der Waals surface area contributed by atoms with Gasteiger partial charge >= 0.3 is 0 Å². The zero-order valence-electron chi connectivity index (χ0n) is 13.1. The summed E-state index contributed by atoms with van der Waals surface area (Å²) in [5.41, 5.74) is 0. The molecule has 1 unspecified atom stereocenters. The van der Waals surface area contributed by atoms with Gasteiger partial charge in [0, 0.05) is 23.9 Å². The number of nitrogens with one attached hydrogen (secondary N) is 1. The van der Waals surface area contributed by atoms with Gasteiger partial charge in [0.25, 0.3) is 5.91 Å². The topological polar surface area (TPSA) is 71.3 Å². The molecule has 1 saturated heterocycles. The highest BCUT2D eigenvalue weighted by atomic mass is 32.1. The highest BCUT2D eigenvalue weighted by molar-refractivity contribution is 7.14. The van der Waals surface area contributed by atoms with Crippen LogP contribution in [0.2, 0.25) is 0 Å². The summed E-state index contributed by atoms with van der Waals surface area (Å²) in [5.74, 6) is 1.75. The number of amides is 1. The molecule has 23 heavy (non-hydrogen) atoms. The first-order valence-corrected chi connectivity index (χ1v) is 8.93. The Labute approximate surface area is 138 Å². The molecular weight excluding hydrogens is 312 g/mol. The average molecular weight is 332 g/mol. The molecule has 4 rings (SSSR count). The summed E-state index contributed by atoms with van der Waals surface area (Å²) in [5, 5.41) is 7.44. The van der Waals surface area contributed by atoms with Gasteiger partial charge in [0.15, 0.2) is 5.82 Å². The zero-order valence-corrected chi connectivity index (χ0v) is 13.9. The van der Waals surface area contributed by atoms with Gasteiger partial charge in [-0.1, -0.05) is 5.16 Å². The molecule has 2 aromatic heterocycles. The number of carbonyl (C=O) groups is 1. The van der Waals surface area contributed by atoms with Crippen LogP contribution in [0.3, 0.4) is 0 Å². The molecule has 6 nitrogen and oxygen atoms in total. The third kappa shape index (κ3) is 3.16. The number of hydrogen-bond acceptors (Lipinski definition) is 6. The van der Waals surface area contributed by atoms with Crippen molar-refractivity contribution in [3.05, 3.63) is 33.6 Å². The van der Waals surface area contributed by atoms with Crippen LogP contribution in [0.1, 0.15) is 63.9 Å². The van der Waals surface area contributed by atoms with Crippen LogP contribution in [-0.2, 0) is 6.54 Å². The first kappa shape index (κ1) is 14.8. The van der Waals surface area contributed by atoms with Crippen LogP contribution >= 0.6 is 11.3 Å².